The zero-order chi connectivity index (χ0) is 19.3. The van der Waals surface area contributed by atoms with Gasteiger partial charge in [0.1, 0.15) is 0 Å². The van der Waals surface area contributed by atoms with Crippen LogP contribution in [0.3, 0.4) is 0 Å². The van der Waals surface area contributed by atoms with Crippen LogP contribution in [-0.2, 0) is 9.59 Å². The van der Waals surface area contributed by atoms with Crippen molar-refractivity contribution in [2.45, 2.75) is 27.7 Å². The lowest BCUT2D eigenvalue weighted by atomic mass is 10.1. The van der Waals surface area contributed by atoms with Crippen LogP contribution in [0.15, 0.2) is 30.3 Å². The van der Waals surface area contributed by atoms with Crippen molar-refractivity contribution in [1.29, 1.82) is 0 Å². The van der Waals surface area contributed by atoms with Gasteiger partial charge in [0, 0.05) is 16.4 Å². The van der Waals surface area contributed by atoms with Crippen molar-refractivity contribution in [3.05, 3.63) is 57.6 Å². The Hall–Kier alpha value is -2.53. The van der Waals surface area contributed by atoms with E-state index in [1.807, 2.05) is 45.9 Å². The summed E-state index contributed by atoms with van der Waals surface area (Å²) in [5, 5.41) is 9.09. The number of carbonyl (C=O) groups excluding carboxylic acids is 2. The molecule has 6 heteroatoms. The van der Waals surface area contributed by atoms with Gasteiger partial charge in [-0.05, 0) is 56.5 Å². The molecule has 0 aromatic heterocycles. The van der Waals surface area contributed by atoms with Crippen molar-refractivity contribution in [2.75, 3.05) is 23.7 Å². The van der Waals surface area contributed by atoms with E-state index in [1.54, 1.807) is 12.1 Å². The summed E-state index contributed by atoms with van der Waals surface area (Å²) in [6.07, 6.45) is 0. The Kier molecular flexibility index (Phi) is 6.64. The standard InChI is InChI=1S/C20H24ClN3O2/c1-12-7-14(3)20(15(4)8-12)24-19(26)11-23-18(25)10-22-17-9-16(21)6-5-13(17)2/h5-9,22H,10-11H2,1-4H3,(H,23,25)(H,24,26). The van der Waals surface area contributed by atoms with Gasteiger partial charge >= 0.3 is 0 Å². The number of benzene rings is 2. The molecule has 3 N–H and O–H groups in total. The summed E-state index contributed by atoms with van der Waals surface area (Å²) in [4.78, 5) is 24.1. The highest BCUT2D eigenvalue weighted by Gasteiger charge is 2.10. The molecule has 26 heavy (non-hydrogen) atoms. The van der Waals surface area contributed by atoms with Crippen LogP contribution < -0.4 is 16.0 Å². The van der Waals surface area contributed by atoms with E-state index < -0.39 is 0 Å². The number of aryl methyl sites for hydroxylation is 4. The highest BCUT2D eigenvalue weighted by atomic mass is 35.5. The lowest BCUT2D eigenvalue weighted by Gasteiger charge is -2.14. The first-order valence-electron chi connectivity index (χ1n) is 8.40. The van der Waals surface area contributed by atoms with Gasteiger partial charge in [-0.1, -0.05) is 35.4 Å². The van der Waals surface area contributed by atoms with Gasteiger partial charge in [-0.25, -0.2) is 0 Å². The third-order valence-electron chi connectivity index (χ3n) is 4.03. The molecule has 5 nitrogen and oxygen atoms in total. The van der Waals surface area contributed by atoms with E-state index in [9.17, 15) is 9.59 Å². The van der Waals surface area contributed by atoms with Crippen molar-refractivity contribution in [3.8, 4) is 0 Å². The number of nitrogens with one attached hydrogen (secondary N) is 3. The average Bonchev–Trinajstić information content (AvgIpc) is 2.57. The molecule has 0 saturated carbocycles. The Morgan fingerprint density at radius 3 is 2.19 bits per heavy atom. The van der Waals surface area contributed by atoms with Crippen LogP contribution in [0.2, 0.25) is 5.02 Å². The topological polar surface area (TPSA) is 70.2 Å². The highest BCUT2D eigenvalue weighted by molar-refractivity contribution is 6.30. The molecule has 0 bridgehead atoms. The molecule has 0 unspecified atom stereocenters. The van der Waals surface area contributed by atoms with Crippen molar-refractivity contribution < 1.29 is 9.59 Å². The maximum absolute atomic E-state index is 12.1. The molecule has 0 aliphatic rings. The van der Waals surface area contributed by atoms with Gasteiger partial charge in [0.05, 0.1) is 13.1 Å². The summed E-state index contributed by atoms with van der Waals surface area (Å²) in [5.74, 6) is -0.524. The number of hydrogen-bond donors (Lipinski definition) is 3. The summed E-state index contributed by atoms with van der Waals surface area (Å²) in [5.41, 5.74) is 5.73. The van der Waals surface area contributed by atoms with Gasteiger partial charge in [0.25, 0.3) is 0 Å². The van der Waals surface area contributed by atoms with Crippen molar-refractivity contribution in [2.24, 2.45) is 0 Å². The maximum atomic E-state index is 12.1. The maximum Gasteiger partial charge on any atom is 0.243 e. The van der Waals surface area contributed by atoms with Crippen LogP contribution in [0.4, 0.5) is 11.4 Å². The first-order valence-corrected chi connectivity index (χ1v) is 8.78. The lowest BCUT2D eigenvalue weighted by Crippen LogP contribution is -2.36. The minimum atomic E-state index is -0.267. The molecule has 2 aromatic rings. The number of hydrogen-bond acceptors (Lipinski definition) is 3. The fourth-order valence-corrected chi connectivity index (χ4v) is 2.93. The summed E-state index contributed by atoms with van der Waals surface area (Å²) in [6, 6.07) is 9.46. The Balaban J connectivity index is 1.84. The van der Waals surface area contributed by atoms with Crippen LogP contribution in [-0.4, -0.2) is 24.9 Å². The monoisotopic (exact) mass is 373 g/mol. The van der Waals surface area contributed by atoms with Crippen LogP contribution >= 0.6 is 11.6 Å². The second kappa shape index (κ2) is 8.72. The number of halogens is 1. The van der Waals surface area contributed by atoms with E-state index >= 15 is 0 Å². The molecule has 0 aliphatic carbocycles. The second-order valence-electron chi connectivity index (χ2n) is 6.41. The van der Waals surface area contributed by atoms with E-state index in [1.165, 1.54) is 0 Å². The Morgan fingerprint density at radius 2 is 1.54 bits per heavy atom. The van der Waals surface area contributed by atoms with Crippen LogP contribution in [0.25, 0.3) is 0 Å². The third kappa shape index (κ3) is 5.49. The van der Waals surface area contributed by atoms with Crippen LogP contribution in [0.1, 0.15) is 22.3 Å². The Morgan fingerprint density at radius 1 is 0.885 bits per heavy atom. The highest BCUT2D eigenvalue weighted by Crippen LogP contribution is 2.22. The summed E-state index contributed by atoms with van der Waals surface area (Å²) in [7, 11) is 0. The fraction of sp³-hybridized carbons (Fsp3) is 0.300. The molecule has 2 rings (SSSR count). The third-order valence-corrected chi connectivity index (χ3v) is 4.26. The molecule has 138 valence electrons. The van der Waals surface area contributed by atoms with Gasteiger partial charge in [-0.15, -0.1) is 0 Å². The predicted molar refractivity (Wildman–Crippen MR) is 107 cm³/mol. The normalized spacial score (nSPS) is 10.3. The predicted octanol–water partition coefficient (Wildman–Crippen LogP) is 3.74. The van der Waals surface area contributed by atoms with Crippen molar-refractivity contribution >= 4 is 34.8 Å². The van der Waals surface area contributed by atoms with E-state index in [0.717, 1.165) is 33.6 Å². The first kappa shape index (κ1) is 19.8. The van der Waals surface area contributed by atoms with Gasteiger partial charge in [0.15, 0.2) is 0 Å². The molecular formula is C20H24ClN3O2. The summed E-state index contributed by atoms with van der Waals surface area (Å²) < 4.78 is 0. The van der Waals surface area contributed by atoms with Gasteiger partial charge in [-0.2, -0.15) is 0 Å². The Bertz CT molecular complexity index is 811. The number of anilines is 2. The first-order chi connectivity index (χ1) is 12.3. The van der Waals surface area contributed by atoms with Gasteiger partial charge in [-0.3, -0.25) is 9.59 Å². The SMILES string of the molecule is Cc1cc(C)c(NC(=O)CNC(=O)CNc2cc(Cl)ccc2C)c(C)c1. The zero-order valence-electron chi connectivity index (χ0n) is 15.5. The molecule has 0 aliphatic heterocycles. The summed E-state index contributed by atoms with van der Waals surface area (Å²) >= 11 is 5.95. The number of rotatable bonds is 6. The number of carbonyl (C=O) groups is 2. The quantitative estimate of drug-likeness (QED) is 0.722. The largest absolute Gasteiger partial charge is 0.376 e. The molecular weight excluding hydrogens is 350 g/mol. The van der Waals surface area contributed by atoms with E-state index in [2.05, 4.69) is 16.0 Å². The van der Waals surface area contributed by atoms with Crippen LogP contribution in [0.5, 0.6) is 0 Å². The smallest absolute Gasteiger partial charge is 0.243 e. The molecule has 0 atom stereocenters. The van der Waals surface area contributed by atoms with Gasteiger partial charge in [0.2, 0.25) is 11.8 Å². The van der Waals surface area contributed by atoms with E-state index in [-0.39, 0.29) is 24.9 Å². The summed E-state index contributed by atoms with van der Waals surface area (Å²) in [6.45, 7) is 7.83. The minimum absolute atomic E-state index is 0.0665. The van der Waals surface area contributed by atoms with Crippen LogP contribution in [0, 0.1) is 27.7 Å². The second-order valence-corrected chi connectivity index (χ2v) is 6.85. The van der Waals surface area contributed by atoms with E-state index in [0.29, 0.717) is 5.02 Å². The average molecular weight is 374 g/mol. The van der Waals surface area contributed by atoms with Crippen molar-refractivity contribution in [3.63, 3.8) is 0 Å². The van der Waals surface area contributed by atoms with Crippen molar-refractivity contribution in [1.82, 2.24) is 5.32 Å². The molecule has 0 radical (unpaired) electrons. The molecule has 2 amide bonds. The lowest BCUT2D eigenvalue weighted by molar-refractivity contribution is -0.122. The number of amides is 2. The molecule has 0 fully saturated rings. The Labute approximate surface area is 159 Å². The molecule has 2 aromatic carbocycles. The van der Waals surface area contributed by atoms with E-state index in [4.69, 9.17) is 11.6 Å². The minimum Gasteiger partial charge on any atom is -0.376 e. The fourth-order valence-electron chi connectivity index (χ4n) is 2.76. The molecule has 0 saturated heterocycles. The zero-order valence-corrected chi connectivity index (χ0v) is 16.3. The molecule has 0 spiro atoms. The van der Waals surface area contributed by atoms with Gasteiger partial charge < -0.3 is 16.0 Å². The molecule has 0 heterocycles.